The molecule has 0 atom stereocenters. The third-order valence-electron chi connectivity index (χ3n) is 4.63. The molecule has 0 aliphatic carbocycles. The monoisotopic (exact) mass is 375 g/mol. The highest BCUT2D eigenvalue weighted by Crippen LogP contribution is 2.29. The molecule has 2 aromatic carbocycles. The van der Waals surface area contributed by atoms with Gasteiger partial charge in [-0.15, -0.1) is 0 Å². The Morgan fingerprint density at radius 3 is 2.36 bits per heavy atom. The molecule has 144 valence electrons. The van der Waals surface area contributed by atoms with Crippen molar-refractivity contribution in [1.82, 2.24) is 4.90 Å². The van der Waals surface area contributed by atoms with Crippen LogP contribution in [-0.4, -0.2) is 29.9 Å². The minimum absolute atomic E-state index is 0.0348. The molecule has 0 N–H and O–H groups in total. The van der Waals surface area contributed by atoms with Gasteiger partial charge in [-0.3, -0.25) is 9.69 Å². The molecule has 28 heavy (non-hydrogen) atoms. The normalized spacial score (nSPS) is 14.9. The SMILES string of the molecule is CCCCC(=O)C(/C=C/c1ccccc1)=C(\c1ccccc1)N1CCOC1=O. The molecule has 0 unspecified atom stereocenters. The summed E-state index contributed by atoms with van der Waals surface area (Å²) in [4.78, 5) is 27.0. The molecule has 1 amide bonds. The van der Waals surface area contributed by atoms with Gasteiger partial charge in [0.2, 0.25) is 0 Å². The van der Waals surface area contributed by atoms with Gasteiger partial charge in [-0.25, -0.2) is 4.79 Å². The van der Waals surface area contributed by atoms with E-state index < -0.39 is 6.09 Å². The number of hydrogen-bond acceptors (Lipinski definition) is 3. The van der Waals surface area contributed by atoms with E-state index in [4.69, 9.17) is 4.74 Å². The van der Waals surface area contributed by atoms with Crippen LogP contribution in [0.3, 0.4) is 0 Å². The van der Waals surface area contributed by atoms with Crippen LogP contribution in [0.25, 0.3) is 11.8 Å². The smallest absolute Gasteiger partial charge is 0.414 e. The molecule has 0 bridgehead atoms. The third-order valence-corrected chi connectivity index (χ3v) is 4.63. The maximum Gasteiger partial charge on any atom is 0.414 e. The molecular formula is C24H25NO3. The van der Waals surface area contributed by atoms with Crippen molar-refractivity contribution in [2.75, 3.05) is 13.2 Å². The quantitative estimate of drug-likeness (QED) is 0.463. The third kappa shape index (κ3) is 4.77. The van der Waals surface area contributed by atoms with E-state index in [0.717, 1.165) is 24.0 Å². The van der Waals surface area contributed by atoms with E-state index in [-0.39, 0.29) is 5.78 Å². The minimum atomic E-state index is -0.409. The summed E-state index contributed by atoms with van der Waals surface area (Å²) in [6.07, 6.45) is 5.55. The molecule has 2 aromatic rings. The maximum atomic E-state index is 13.1. The summed E-state index contributed by atoms with van der Waals surface area (Å²) in [5, 5.41) is 0. The number of amides is 1. The molecule has 0 spiro atoms. The fourth-order valence-electron chi connectivity index (χ4n) is 3.17. The van der Waals surface area contributed by atoms with Crippen molar-refractivity contribution in [2.24, 2.45) is 0 Å². The van der Waals surface area contributed by atoms with E-state index >= 15 is 0 Å². The van der Waals surface area contributed by atoms with Gasteiger partial charge in [0.25, 0.3) is 0 Å². The summed E-state index contributed by atoms with van der Waals surface area (Å²) >= 11 is 0. The molecule has 4 heteroatoms. The summed E-state index contributed by atoms with van der Waals surface area (Å²) in [5.41, 5.74) is 3.00. The topological polar surface area (TPSA) is 46.6 Å². The molecule has 1 heterocycles. The van der Waals surface area contributed by atoms with Gasteiger partial charge in [-0.05, 0) is 23.6 Å². The van der Waals surface area contributed by atoms with Crippen LogP contribution in [-0.2, 0) is 9.53 Å². The number of Topliss-reactive ketones (excluding diaryl/α,β-unsaturated/α-hetero) is 1. The number of ether oxygens (including phenoxy) is 1. The summed E-state index contributed by atoms with van der Waals surface area (Å²) in [6.45, 7) is 2.83. The molecule has 1 saturated heterocycles. The lowest BCUT2D eigenvalue weighted by Crippen LogP contribution is -2.25. The first kappa shape index (κ1) is 19.6. The molecule has 1 aliphatic heterocycles. The fourth-order valence-corrected chi connectivity index (χ4v) is 3.17. The van der Waals surface area contributed by atoms with Crippen LogP contribution in [0.1, 0.15) is 37.3 Å². The average molecular weight is 375 g/mol. The number of carbonyl (C=O) groups is 2. The molecule has 1 fully saturated rings. The maximum absolute atomic E-state index is 13.1. The van der Waals surface area contributed by atoms with Crippen LogP contribution in [0.2, 0.25) is 0 Å². The lowest BCUT2D eigenvalue weighted by Gasteiger charge is -2.21. The first-order valence-electron chi connectivity index (χ1n) is 9.71. The number of unbranched alkanes of at least 4 members (excludes halogenated alkanes) is 1. The van der Waals surface area contributed by atoms with E-state index in [1.165, 1.54) is 0 Å². The van der Waals surface area contributed by atoms with Gasteiger partial charge in [-0.1, -0.05) is 80.1 Å². The number of rotatable bonds is 8. The van der Waals surface area contributed by atoms with E-state index in [2.05, 4.69) is 6.92 Å². The number of carbonyl (C=O) groups excluding carboxylic acids is 2. The van der Waals surface area contributed by atoms with E-state index in [1.54, 1.807) is 4.90 Å². The average Bonchev–Trinajstić information content (AvgIpc) is 3.16. The van der Waals surface area contributed by atoms with Crippen LogP contribution < -0.4 is 0 Å². The number of benzene rings is 2. The van der Waals surface area contributed by atoms with Crippen molar-refractivity contribution in [1.29, 1.82) is 0 Å². The molecule has 4 nitrogen and oxygen atoms in total. The molecule has 3 rings (SSSR count). The van der Waals surface area contributed by atoms with Gasteiger partial charge in [-0.2, -0.15) is 0 Å². The number of hydrogen-bond donors (Lipinski definition) is 0. The zero-order valence-corrected chi connectivity index (χ0v) is 16.1. The highest BCUT2D eigenvalue weighted by molar-refractivity contribution is 6.07. The Bertz CT molecular complexity index is 869. The predicted molar refractivity (Wildman–Crippen MR) is 111 cm³/mol. The molecule has 0 saturated carbocycles. The Morgan fingerprint density at radius 1 is 1.07 bits per heavy atom. The first-order valence-corrected chi connectivity index (χ1v) is 9.71. The number of nitrogens with zero attached hydrogens (tertiary/aromatic N) is 1. The van der Waals surface area contributed by atoms with Gasteiger partial charge in [0.1, 0.15) is 6.61 Å². The Morgan fingerprint density at radius 2 is 1.75 bits per heavy atom. The minimum Gasteiger partial charge on any atom is -0.447 e. The fraction of sp³-hybridized carbons (Fsp3) is 0.250. The van der Waals surface area contributed by atoms with E-state index in [9.17, 15) is 9.59 Å². The van der Waals surface area contributed by atoms with Crippen molar-refractivity contribution in [2.45, 2.75) is 26.2 Å². The van der Waals surface area contributed by atoms with Crippen LogP contribution >= 0.6 is 0 Å². The van der Waals surface area contributed by atoms with Crippen molar-refractivity contribution >= 4 is 23.6 Å². The van der Waals surface area contributed by atoms with Crippen LogP contribution in [0.4, 0.5) is 4.79 Å². The zero-order chi connectivity index (χ0) is 19.8. The largest absolute Gasteiger partial charge is 0.447 e. The van der Waals surface area contributed by atoms with Gasteiger partial charge in [0.15, 0.2) is 5.78 Å². The van der Waals surface area contributed by atoms with E-state index in [1.807, 2.05) is 72.8 Å². The van der Waals surface area contributed by atoms with Crippen LogP contribution in [0, 0.1) is 0 Å². The molecule has 1 aliphatic rings. The Balaban J connectivity index is 2.12. The standard InChI is InChI=1S/C24H25NO3/c1-2-3-14-22(26)21(16-15-19-10-6-4-7-11-19)23(20-12-8-5-9-13-20)25-17-18-28-24(25)27/h4-13,15-16H,2-3,14,17-18H2,1H3/b16-15+,23-21+. The van der Waals surface area contributed by atoms with Crippen LogP contribution in [0.5, 0.6) is 0 Å². The molecular weight excluding hydrogens is 350 g/mol. The summed E-state index contributed by atoms with van der Waals surface area (Å²) < 4.78 is 5.16. The van der Waals surface area contributed by atoms with Gasteiger partial charge >= 0.3 is 6.09 Å². The second kappa shape index (κ2) is 9.70. The summed E-state index contributed by atoms with van der Waals surface area (Å²) in [7, 11) is 0. The van der Waals surface area contributed by atoms with Gasteiger partial charge < -0.3 is 4.74 Å². The highest BCUT2D eigenvalue weighted by atomic mass is 16.6. The number of ketones is 1. The Labute approximate surface area is 166 Å². The molecule has 0 aromatic heterocycles. The number of allylic oxidation sites excluding steroid dienone is 2. The van der Waals surface area contributed by atoms with Gasteiger partial charge in [0.05, 0.1) is 12.2 Å². The Hall–Kier alpha value is -3.14. The van der Waals surface area contributed by atoms with Crippen molar-refractivity contribution < 1.29 is 14.3 Å². The van der Waals surface area contributed by atoms with Crippen LogP contribution in [0.15, 0.2) is 72.3 Å². The second-order valence-corrected chi connectivity index (χ2v) is 6.67. The van der Waals surface area contributed by atoms with Crippen molar-refractivity contribution in [3.05, 3.63) is 83.4 Å². The molecule has 0 radical (unpaired) electrons. The highest BCUT2D eigenvalue weighted by Gasteiger charge is 2.29. The zero-order valence-electron chi connectivity index (χ0n) is 16.1. The van der Waals surface area contributed by atoms with Gasteiger partial charge in [0, 0.05) is 12.0 Å². The summed E-state index contributed by atoms with van der Waals surface area (Å²) in [5.74, 6) is 0.0348. The Kier molecular flexibility index (Phi) is 6.79. The second-order valence-electron chi connectivity index (χ2n) is 6.67. The summed E-state index contributed by atoms with van der Waals surface area (Å²) in [6, 6.07) is 19.4. The number of cyclic esters (lactones) is 1. The predicted octanol–water partition coefficient (Wildman–Crippen LogP) is 5.32. The lowest BCUT2D eigenvalue weighted by atomic mass is 9.97. The van der Waals surface area contributed by atoms with Crippen molar-refractivity contribution in [3.8, 4) is 0 Å². The van der Waals surface area contributed by atoms with E-state index in [0.29, 0.717) is 30.8 Å². The lowest BCUT2D eigenvalue weighted by molar-refractivity contribution is -0.115. The first-order chi connectivity index (χ1) is 13.7. The van der Waals surface area contributed by atoms with Crippen molar-refractivity contribution in [3.63, 3.8) is 0 Å².